The van der Waals surface area contributed by atoms with Crippen molar-refractivity contribution in [2.45, 2.75) is 30.6 Å². The average molecular weight is 321 g/mol. The van der Waals surface area contributed by atoms with E-state index in [0.717, 1.165) is 40.6 Å². The quantitative estimate of drug-likeness (QED) is 0.388. The first kappa shape index (κ1) is 15.8. The maximum absolute atomic E-state index is 12.4. The van der Waals surface area contributed by atoms with Gasteiger partial charge in [0.05, 0.1) is 5.52 Å². The number of rotatable bonds is 6. The highest BCUT2D eigenvalue weighted by Gasteiger charge is 2.09. The first-order chi connectivity index (χ1) is 11.2. The predicted octanol–water partition coefficient (Wildman–Crippen LogP) is 5.12. The van der Waals surface area contributed by atoms with Crippen molar-refractivity contribution in [1.82, 2.24) is 4.98 Å². The lowest BCUT2D eigenvalue weighted by atomic mass is 10.0. The summed E-state index contributed by atoms with van der Waals surface area (Å²) in [6.45, 7) is 0. The molecule has 0 atom stereocenters. The van der Waals surface area contributed by atoms with Crippen LogP contribution in [-0.4, -0.2) is 10.8 Å². The minimum absolute atomic E-state index is 0.180. The Balaban J connectivity index is 1.60. The van der Waals surface area contributed by atoms with E-state index >= 15 is 0 Å². The largest absolute Gasteiger partial charge is 0.294 e. The Hall–Kier alpha value is -2.13. The molecule has 23 heavy (non-hydrogen) atoms. The number of ketones is 1. The molecule has 0 aliphatic heterocycles. The third-order valence-corrected chi connectivity index (χ3v) is 4.31. The number of thiol groups is 1. The Morgan fingerprint density at radius 1 is 1.00 bits per heavy atom. The topological polar surface area (TPSA) is 30.0 Å². The molecule has 0 unspecified atom stereocenters. The van der Waals surface area contributed by atoms with Gasteiger partial charge in [-0.2, -0.15) is 0 Å². The Labute approximate surface area is 142 Å². The zero-order valence-corrected chi connectivity index (χ0v) is 13.8. The van der Waals surface area contributed by atoms with Gasteiger partial charge in [0.2, 0.25) is 0 Å². The van der Waals surface area contributed by atoms with Crippen LogP contribution in [0.4, 0.5) is 0 Å². The molecule has 0 N–H and O–H groups in total. The lowest BCUT2D eigenvalue weighted by molar-refractivity contribution is 0.0979. The molecule has 3 aromatic rings. The highest BCUT2D eigenvalue weighted by molar-refractivity contribution is 7.80. The lowest BCUT2D eigenvalue weighted by Crippen LogP contribution is -2.00. The summed E-state index contributed by atoms with van der Waals surface area (Å²) < 4.78 is 0. The third-order valence-electron chi connectivity index (χ3n) is 3.97. The number of Topliss-reactive ketones (excluding diaryl/α,β-unsaturated/α-hetero) is 1. The maximum atomic E-state index is 12.4. The van der Waals surface area contributed by atoms with E-state index in [2.05, 4.69) is 41.9 Å². The molecule has 0 bridgehead atoms. The van der Waals surface area contributed by atoms with Crippen LogP contribution in [0.25, 0.3) is 10.9 Å². The summed E-state index contributed by atoms with van der Waals surface area (Å²) in [6, 6.07) is 18.0. The lowest BCUT2D eigenvalue weighted by Gasteiger charge is -2.06. The van der Waals surface area contributed by atoms with Crippen LogP contribution in [0, 0.1) is 0 Å². The van der Waals surface area contributed by atoms with Gasteiger partial charge in [0.1, 0.15) is 0 Å². The number of unbranched alkanes of at least 4 members (excludes halogenated alkanes) is 1. The fraction of sp³-hybridized carbons (Fsp3) is 0.200. The molecule has 0 saturated heterocycles. The summed E-state index contributed by atoms with van der Waals surface area (Å²) in [5.41, 5.74) is 2.90. The van der Waals surface area contributed by atoms with E-state index < -0.39 is 0 Å². The Kier molecular flexibility index (Phi) is 5.09. The molecule has 3 rings (SSSR count). The van der Waals surface area contributed by atoms with Crippen molar-refractivity contribution >= 4 is 29.3 Å². The molecule has 0 fully saturated rings. The van der Waals surface area contributed by atoms with Crippen LogP contribution in [0.2, 0.25) is 0 Å². The van der Waals surface area contributed by atoms with E-state index in [9.17, 15) is 4.79 Å². The van der Waals surface area contributed by atoms with E-state index in [4.69, 9.17) is 0 Å². The Morgan fingerprint density at radius 2 is 1.83 bits per heavy atom. The molecular weight excluding hydrogens is 302 g/mol. The third kappa shape index (κ3) is 3.99. The van der Waals surface area contributed by atoms with Crippen LogP contribution < -0.4 is 0 Å². The van der Waals surface area contributed by atoms with Crippen molar-refractivity contribution in [1.29, 1.82) is 0 Å². The number of aromatic nitrogens is 1. The van der Waals surface area contributed by atoms with Gasteiger partial charge in [-0.3, -0.25) is 9.78 Å². The van der Waals surface area contributed by atoms with Crippen molar-refractivity contribution in [3.63, 3.8) is 0 Å². The smallest absolute Gasteiger partial charge is 0.162 e. The summed E-state index contributed by atoms with van der Waals surface area (Å²) in [5, 5.41) is 0.965. The number of carbonyl (C=O) groups excluding carboxylic acids is 1. The van der Waals surface area contributed by atoms with Gasteiger partial charge >= 0.3 is 0 Å². The monoisotopic (exact) mass is 321 g/mol. The van der Waals surface area contributed by atoms with Crippen LogP contribution >= 0.6 is 12.6 Å². The van der Waals surface area contributed by atoms with Crippen LogP contribution in [0.1, 0.15) is 35.2 Å². The van der Waals surface area contributed by atoms with Crippen molar-refractivity contribution in [2.24, 2.45) is 0 Å². The van der Waals surface area contributed by atoms with Crippen molar-refractivity contribution < 1.29 is 4.79 Å². The summed E-state index contributed by atoms with van der Waals surface area (Å²) in [4.78, 5) is 17.5. The van der Waals surface area contributed by atoms with Gasteiger partial charge in [0, 0.05) is 28.5 Å². The summed E-state index contributed by atoms with van der Waals surface area (Å²) in [5.74, 6) is 0.180. The van der Waals surface area contributed by atoms with Gasteiger partial charge in [0.15, 0.2) is 5.78 Å². The van der Waals surface area contributed by atoms with Crippen LogP contribution in [0.15, 0.2) is 65.7 Å². The number of fused-ring (bicyclic) bond motifs is 1. The van der Waals surface area contributed by atoms with Crippen molar-refractivity contribution in [2.75, 3.05) is 0 Å². The van der Waals surface area contributed by atoms with E-state index in [1.165, 1.54) is 5.56 Å². The number of pyridine rings is 1. The van der Waals surface area contributed by atoms with Gasteiger partial charge in [-0.15, -0.1) is 12.6 Å². The molecule has 1 heterocycles. The Morgan fingerprint density at radius 3 is 2.65 bits per heavy atom. The molecule has 0 spiro atoms. The van der Waals surface area contributed by atoms with Crippen LogP contribution in [0.3, 0.4) is 0 Å². The van der Waals surface area contributed by atoms with Crippen LogP contribution in [0.5, 0.6) is 0 Å². The first-order valence-corrected chi connectivity index (χ1v) is 8.33. The highest BCUT2D eigenvalue weighted by Crippen LogP contribution is 2.23. The fourth-order valence-electron chi connectivity index (χ4n) is 2.74. The minimum Gasteiger partial charge on any atom is -0.294 e. The molecule has 116 valence electrons. The summed E-state index contributed by atoms with van der Waals surface area (Å²) in [6.07, 6.45) is 5.27. The zero-order valence-electron chi connectivity index (χ0n) is 12.9. The molecule has 0 aliphatic rings. The molecule has 3 heteroatoms. The highest BCUT2D eigenvalue weighted by atomic mass is 32.1. The minimum atomic E-state index is 0.180. The van der Waals surface area contributed by atoms with E-state index in [-0.39, 0.29) is 5.78 Å². The van der Waals surface area contributed by atoms with Gasteiger partial charge in [-0.1, -0.05) is 36.4 Å². The maximum Gasteiger partial charge on any atom is 0.162 e. The molecule has 2 aromatic carbocycles. The Bertz CT molecular complexity index is 814. The van der Waals surface area contributed by atoms with Crippen molar-refractivity contribution in [3.05, 3.63) is 71.9 Å². The number of hydrogen-bond donors (Lipinski definition) is 1. The molecule has 0 radical (unpaired) electrons. The standard InChI is InChI=1S/C20H19NOS/c22-18(11-5-4-9-15-7-2-1-3-8-15)17-13-16-10-6-12-21-20(16)19(23)14-17/h1-3,6-8,10,12-14,23H,4-5,9,11H2. The number of carbonyl (C=O) groups is 1. The average Bonchev–Trinajstić information content (AvgIpc) is 2.59. The van der Waals surface area contributed by atoms with E-state index in [1.54, 1.807) is 6.20 Å². The molecule has 0 saturated carbocycles. The second-order valence-electron chi connectivity index (χ2n) is 5.69. The number of aryl methyl sites for hydroxylation is 1. The van der Waals surface area contributed by atoms with E-state index in [1.807, 2.05) is 30.3 Å². The van der Waals surface area contributed by atoms with Gasteiger partial charge in [0.25, 0.3) is 0 Å². The van der Waals surface area contributed by atoms with Gasteiger partial charge < -0.3 is 0 Å². The first-order valence-electron chi connectivity index (χ1n) is 7.89. The normalized spacial score (nSPS) is 10.8. The summed E-state index contributed by atoms with van der Waals surface area (Å²) in [7, 11) is 0. The molecule has 0 aliphatic carbocycles. The summed E-state index contributed by atoms with van der Waals surface area (Å²) >= 11 is 4.46. The second-order valence-corrected chi connectivity index (χ2v) is 6.17. The van der Waals surface area contributed by atoms with Gasteiger partial charge in [-0.05, 0) is 43.0 Å². The van der Waals surface area contributed by atoms with Crippen LogP contribution in [-0.2, 0) is 6.42 Å². The molecule has 0 amide bonds. The molecular formula is C20H19NOS. The number of nitrogens with zero attached hydrogens (tertiary/aromatic N) is 1. The fourth-order valence-corrected chi connectivity index (χ4v) is 3.06. The second kappa shape index (κ2) is 7.42. The zero-order chi connectivity index (χ0) is 16.1. The SMILES string of the molecule is O=C(CCCCc1ccccc1)c1cc(S)c2ncccc2c1. The predicted molar refractivity (Wildman–Crippen MR) is 97.3 cm³/mol. The number of hydrogen-bond acceptors (Lipinski definition) is 3. The van der Waals surface area contributed by atoms with Gasteiger partial charge in [-0.25, -0.2) is 0 Å². The molecule has 2 nitrogen and oxygen atoms in total. The van der Waals surface area contributed by atoms with Crippen molar-refractivity contribution in [3.8, 4) is 0 Å². The molecule has 1 aromatic heterocycles. The van der Waals surface area contributed by atoms with E-state index in [0.29, 0.717) is 6.42 Å². The number of benzene rings is 2.